The van der Waals surface area contributed by atoms with Crippen molar-refractivity contribution in [1.82, 2.24) is 4.98 Å². The molecule has 0 unspecified atom stereocenters. The number of rotatable bonds is 1. The van der Waals surface area contributed by atoms with Gasteiger partial charge in [0, 0.05) is 11.6 Å². The molecule has 3 rings (SSSR count). The van der Waals surface area contributed by atoms with Crippen molar-refractivity contribution >= 4 is 31.8 Å². The first kappa shape index (κ1) is 11.9. The van der Waals surface area contributed by atoms with Crippen LogP contribution in [0.5, 0.6) is 5.75 Å². The summed E-state index contributed by atoms with van der Waals surface area (Å²) >= 11 is 0. The highest BCUT2D eigenvalue weighted by molar-refractivity contribution is 7.86. The molecule has 1 aromatic heterocycles. The lowest BCUT2D eigenvalue weighted by Gasteiger charge is -2.08. The highest BCUT2D eigenvalue weighted by Crippen LogP contribution is 2.35. The summed E-state index contributed by atoms with van der Waals surface area (Å²) in [6, 6.07) is 9.83. The molecule has 0 bridgehead atoms. The first-order valence-corrected chi connectivity index (χ1v) is 6.89. The third kappa shape index (κ3) is 1.81. The van der Waals surface area contributed by atoms with Crippen LogP contribution in [0.2, 0.25) is 0 Å². The van der Waals surface area contributed by atoms with Gasteiger partial charge in [0.1, 0.15) is 10.6 Å². The number of pyridine rings is 1. The molecule has 0 aliphatic rings. The molecule has 0 aliphatic heterocycles. The van der Waals surface area contributed by atoms with Crippen LogP contribution in [-0.2, 0) is 10.1 Å². The molecule has 5 nitrogen and oxygen atoms in total. The average Bonchev–Trinajstić information content (AvgIpc) is 2.37. The fraction of sp³-hybridized carbons (Fsp3) is 0. The normalized spacial score (nSPS) is 12.1. The fourth-order valence-corrected chi connectivity index (χ4v) is 2.71. The zero-order valence-corrected chi connectivity index (χ0v) is 10.4. The number of aromatic nitrogens is 1. The van der Waals surface area contributed by atoms with Gasteiger partial charge in [0.2, 0.25) is 0 Å². The van der Waals surface area contributed by atoms with E-state index in [1.807, 2.05) is 6.07 Å². The number of nitrogens with zero attached hydrogens (tertiary/aromatic N) is 1. The van der Waals surface area contributed by atoms with E-state index in [4.69, 9.17) is 4.55 Å². The van der Waals surface area contributed by atoms with Gasteiger partial charge in [0.05, 0.1) is 10.9 Å². The molecule has 96 valence electrons. The lowest BCUT2D eigenvalue weighted by Crippen LogP contribution is -1.98. The van der Waals surface area contributed by atoms with Gasteiger partial charge in [-0.25, -0.2) is 0 Å². The zero-order valence-electron chi connectivity index (χ0n) is 9.61. The van der Waals surface area contributed by atoms with E-state index in [0.29, 0.717) is 16.3 Å². The lowest BCUT2D eigenvalue weighted by molar-refractivity contribution is 0.448. The minimum atomic E-state index is -4.47. The van der Waals surface area contributed by atoms with Crippen molar-refractivity contribution in [2.24, 2.45) is 0 Å². The molecule has 0 amide bonds. The van der Waals surface area contributed by atoms with Crippen molar-refractivity contribution in [3.05, 3.63) is 42.6 Å². The number of hydrogen-bond acceptors (Lipinski definition) is 4. The van der Waals surface area contributed by atoms with Gasteiger partial charge in [-0.2, -0.15) is 8.42 Å². The summed E-state index contributed by atoms with van der Waals surface area (Å²) in [5, 5.41) is 11.8. The molecule has 2 N–H and O–H groups in total. The van der Waals surface area contributed by atoms with E-state index in [0.717, 1.165) is 5.39 Å². The second kappa shape index (κ2) is 3.91. The molecule has 0 saturated carbocycles. The highest BCUT2D eigenvalue weighted by atomic mass is 32.2. The van der Waals surface area contributed by atoms with Gasteiger partial charge in [-0.05, 0) is 17.5 Å². The standard InChI is InChI=1S/C13H9NO4S/c15-13-10(19(16,17)18)6-5-8-3-4-9-2-1-7-14-12(9)11(8)13/h1-7,15H,(H,16,17,18). The number of phenolic OH excluding ortho intramolecular Hbond substituents is 1. The molecule has 0 fully saturated rings. The van der Waals surface area contributed by atoms with Crippen LogP contribution in [0.15, 0.2) is 47.5 Å². The van der Waals surface area contributed by atoms with Crippen LogP contribution in [0.25, 0.3) is 21.7 Å². The third-order valence-corrected chi connectivity index (χ3v) is 3.85. The van der Waals surface area contributed by atoms with Crippen LogP contribution >= 0.6 is 0 Å². The predicted molar refractivity (Wildman–Crippen MR) is 70.7 cm³/mol. The van der Waals surface area contributed by atoms with Gasteiger partial charge >= 0.3 is 0 Å². The van der Waals surface area contributed by atoms with Gasteiger partial charge in [-0.3, -0.25) is 9.54 Å². The number of hydrogen-bond donors (Lipinski definition) is 2. The first-order chi connectivity index (χ1) is 8.98. The molecule has 0 aliphatic carbocycles. The Morgan fingerprint density at radius 1 is 1.00 bits per heavy atom. The van der Waals surface area contributed by atoms with E-state index in [1.165, 1.54) is 12.1 Å². The molecular weight excluding hydrogens is 266 g/mol. The smallest absolute Gasteiger partial charge is 0.298 e. The number of benzene rings is 2. The SMILES string of the molecule is O=S(=O)(O)c1ccc2ccc3cccnc3c2c1O. The molecule has 0 radical (unpaired) electrons. The summed E-state index contributed by atoms with van der Waals surface area (Å²) in [6.07, 6.45) is 1.56. The van der Waals surface area contributed by atoms with E-state index in [1.54, 1.807) is 24.4 Å². The molecule has 2 aromatic carbocycles. The van der Waals surface area contributed by atoms with Crippen molar-refractivity contribution in [3.63, 3.8) is 0 Å². The van der Waals surface area contributed by atoms with Crippen LogP contribution in [0.4, 0.5) is 0 Å². The molecule has 3 aromatic rings. The summed E-state index contributed by atoms with van der Waals surface area (Å²) in [6.45, 7) is 0. The molecule has 6 heteroatoms. The molecule has 0 spiro atoms. The van der Waals surface area contributed by atoms with Crippen molar-refractivity contribution < 1.29 is 18.1 Å². The van der Waals surface area contributed by atoms with Gasteiger partial charge in [0.15, 0.2) is 0 Å². The monoisotopic (exact) mass is 275 g/mol. The van der Waals surface area contributed by atoms with Gasteiger partial charge < -0.3 is 5.11 Å². The Morgan fingerprint density at radius 2 is 1.68 bits per heavy atom. The van der Waals surface area contributed by atoms with Crippen LogP contribution in [-0.4, -0.2) is 23.1 Å². The second-order valence-electron chi connectivity index (χ2n) is 4.13. The van der Waals surface area contributed by atoms with Crippen LogP contribution in [0.3, 0.4) is 0 Å². The van der Waals surface area contributed by atoms with Crippen LogP contribution in [0, 0.1) is 0 Å². The zero-order chi connectivity index (χ0) is 13.6. The van der Waals surface area contributed by atoms with Crippen molar-refractivity contribution in [1.29, 1.82) is 0 Å². The maximum atomic E-state index is 11.2. The van der Waals surface area contributed by atoms with Gasteiger partial charge in [-0.1, -0.05) is 24.3 Å². The van der Waals surface area contributed by atoms with Crippen LogP contribution < -0.4 is 0 Å². The molecule has 0 saturated heterocycles. The van der Waals surface area contributed by atoms with Crippen molar-refractivity contribution in [2.45, 2.75) is 4.90 Å². The summed E-state index contributed by atoms with van der Waals surface area (Å²) < 4.78 is 31.5. The van der Waals surface area contributed by atoms with Gasteiger partial charge in [0.25, 0.3) is 10.1 Å². The van der Waals surface area contributed by atoms with E-state index >= 15 is 0 Å². The summed E-state index contributed by atoms with van der Waals surface area (Å²) in [5.74, 6) is -0.482. The Kier molecular flexibility index (Phi) is 2.44. The minimum Gasteiger partial charge on any atom is -0.506 e. The largest absolute Gasteiger partial charge is 0.506 e. The minimum absolute atomic E-state index is 0.313. The summed E-state index contributed by atoms with van der Waals surface area (Å²) in [5.41, 5.74) is 0.489. The van der Waals surface area contributed by atoms with Gasteiger partial charge in [-0.15, -0.1) is 0 Å². The Morgan fingerprint density at radius 3 is 2.42 bits per heavy atom. The lowest BCUT2D eigenvalue weighted by atomic mass is 10.1. The maximum absolute atomic E-state index is 11.2. The quantitative estimate of drug-likeness (QED) is 0.525. The predicted octanol–water partition coefficient (Wildman–Crippen LogP) is 2.34. The third-order valence-electron chi connectivity index (χ3n) is 2.97. The Labute approximate surface area is 108 Å². The topological polar surface area (TPSA) is 87.5 Å². The van der Waals surface area contributed by atoms with E-state index in [9.17, 15) is 13.5 Å². The van der Waals surface area contributed by atoms with E-state index in [-0.39, 0.29) is 0 Å². The first-order valence-electron chi connectivity index (χ1n) is 5.45. The van der Waals surface area contributed by atoms with E-state index in [2.05, 4.69) is 4.98 Å². The Bertz CT molecular complexity index is 903. The number of phenols is 1. The molecule has 1 heterocycles. The Balaban J connectivity index is 2.57. The fourth-order valence-electron chi connectivity index (χ4n) is 2.12. The molecule has 19 heavy (non-hydrogen) atoms. The number of aromatic hydroxyl groups is 1. The number of fused-ring (bicyclic) bond motifs is 3. The van der Waals surface area contributed by atoms with E-state index < -0.39 is 20.8 Å². The molecule has 0 atom stereocenters. The summed E-state index contributed by atoms with van der Waals surface area (Å²) in [4.78, 5) is 3.64. The van der Waals surface area contributed by atoms with Crippen molar-refractivity contribution in [2.75, 3.05) is 0 Å². The summed E-state index contributed by atoms with van der Waals surface area (Å²) in [7, 11) is -4.47. The van der Waals surface area contributed by atoms with Crippen LogP contribution in [0.1, 0.15) is 0 Å². The second-order valence-corrected chi connectivity index (χ2v) is 5.52. The van der Waals surface area contributed by atoms with Crippen molar-refractivity contribution in [3.8, 4) is 5.75 Å². The Hall–Kier alpha value is -2.18. The highest BCUT2D eigenvalue weighted by Gasteiger charge is 2.19. The maximum Gasteiger partial charge on any atom is 0.298 e. The molecular formula is C13H9NO4S. The average molecular weight is 275 g/mol.